The van der Waals surface area contributed by atoms with E-state index in [1.54, 1.807) is 24.1 Å². The Bertz CT molecular complexity index is 851. The molecule has 8 nitrogen and oxygen atoms in total. The Kier molecular flexibility index (Phi) is 3.63. The summed E-state index contributed by atoms with van der Waals surface area (Å²) < 4.78 is 15.8. The summed E-state index contributed by atoms with van der Waals surface area (Å²) in [6.07, 6.45) is 9.10. The Labute approximate surface area is 142 Å². The Morgan fingerprint density at radius 1 is 1.36 bits per heavy atom. The van der Waals surface area contributed by atoms with E-state index in [0.29, 0.717) is 5.69 Å². The lowest BCUT2D eigenvalue weighted by Crippen LogP contribution is -2.38. The summed E-state index contributed by atoms with van der Waals surface area (Å²) in [5, 5.41) is 19.4. The van der Waals surface area contributed by atoms with Gasteiger partial charge in [0.25, 0.3) is 0 Å². The number of nitrogens with zero attached hydrogens (tertiary/aromatic N) is 4. The van der Waals surface area contributed by atoms with Crippen LogP contribution in [0, 0.1) is 23.6 Å². The molecule has 0 unspecified atom stereocenters. The van der Waals surface area contributed by atoms with Gasteiger partial charge in [0.15, 0.2) is 11.6 Å². The molecule has 4 atom stereocenters. The second kappa shape index (κ2) is 5.83. The van der Waals surface area contributed by atoms with Crippen LogP contribution in [0.15, 0.2) is 30.7 Å². The fraction of sp³-hybridized carbons (Fsp3) is 0.375. The molecule has 1 saturated carbocycles. The number of rotatable bonds is 5. The minimum Gasteiger partial charge on any atom is -0.481 e. The van der Waals surface area contributed by atoms with Crippen LogP contribution in [0.2, 0.25) is 0 Å². The van der Waals surface area contributed by atoms with Gasteiger partial charge >= 0.3 is 5.97 Å². The molecular weight excluding hydrogens is 327 g/mol. The summed E-state index contributed by atoms with van der Waals surface area (Å²) in [5.74, 6) is -1.82. The first-order chi connectivity index (χ1) is 12.0. The summed E-state index contributed by atoms with van der Waals surface area (Å²) in [5.41, 5.74) is 0.673. The van der Waals surface area contributed by atoms with E-state index in [1.165, 1.54) is 0 Å². The Hall–Kier alpha value is -2.97. The van der Waals surface area contributed by atoms with E-state index in [0.717, 1.165) is 12.6 Å². The van der Waals surface area contributed by atoms with E-state index in [4.69, 9.17) is 0 Å². The topological polar surface area (TPSA) is 105 Å². The molecule has 130 valence electrons. The minimum absolute atomic E-state index is 0.00131. The second-order valence-electron chi connectivity index (χ2n) is 6.40. The first-order valence-corrected chi connectivity index (χ1v) is 7.97. The molecular formula is C16H17FN6O2. The van der Waals surface area contributed by atoms with Gasteiger partial charge in [-0.2, -0.15) is 10.1 Å². The average molecular weight is 344 g/mol. The van der Waals surface area contributed by atoms with Gasteiger partial charge in [0, 0.05) is 19.3 Å². The van der Waals surface area contributed by atoms with Crippen molar-refractivity contribution >= 4 is 23.4 Å². The van der Waals surface area contributed by atoms with Crippen LogP contribution in [-0.4, -0.2) is 36.9 Å². The third kappa shape index (κ3) is 2.81. The smallest absolute Gasteiger partial charge is 0.309 e. The van der Waals surface area contributed by atoms with Gasteiger partial charge < -0.3 is 15.7 Å². The van der Waals surface area contributed by atoms with Crippen molar-refractivity contribution in [2.24, 2.45) is 24.8 Å². The predicted molar refractivity (Wildman–Crippen MR) is 87.8 cm³/mol. The van der Waals surface area contributed by atoms with Crippen LogP contribution >= 0.6 is 0 Å². The molecule has 2 aliphatic carbocycles. The molecule has 0 aromatic carbocycles. The van der Waals surface area contributed by atoms with E-state index in [2.05, 4.69) is 25.7 Å². The van der Waals surface area contributed by atoms with Crippen molar-refractivity contribution in [3.8, 4) is 0 Å². The van der Waals surface area contributed by atoms with Crippen LogP contribution in [0.1, 0.15) is 6.42 Å². The van der Waals surface area contributed by atoms with Crippen LogP contribution in [0.4, 0.5) is 21.8 Å². The van der Waals surface area contributed by atoms with Gasteiger partial charge in [-0.15, -0.1) is 0 Å². The van der Waals surface area contributed by atoms with Gasteiger partial charge in [0.1, 0.15) is 0 Å². The summed E-state index contributed by atoms with van der Waals surface area (Å²) in [4.78, 5) is 19.6. The number of hydrogen-bond donors (Lipinski definition) is 3. The molecule has 2 aliphatic rings. The van der Waals surface area contributed by atoms with Gasteiger partial charge in [-0.3, -0.25) is 9.48 Å². The van der Waals surface area contributed by atoms with Gasteiger partial charge in [-0.25, -0.2) is 9.37 Å². The van der Waals surface area contributed by atoms with E-state index in [1.807, 2.05) is 12.2 Å². The van der Waals surface area contributed by atoms with Crippen molar-refractivity contribution in [1.29, 1.82) is 0 Å². The number of nitrogens with one attached hydrogen (secondary N) is 2. The summed E-state index contributed by atoms with van der Waals surface area (Å²) in [6.45, 7) is 0. The Balaban J connectivity index is 1.57. The van der Waals surface area contributed by atoms with Gasteiger partial charge in [0.2, 0.25) is 5.95 Å². The van der Waals surface area contributed by atoms with Crippen molar-refractivity contribution in [2.75, 3.05) is 10.6 Å². The number of fused-ring (bicyclic) bond motifs is 2. The number of anilines is 3. The highest BCUT2D eigenvalue weighted by Crippen LogP contribution is 2.45. The number of allylic oxidation sites excluding steroid dienone is 1. The van der Waals surface area contributed by atoms with Crippen molar-refractivity contribution in [2.45, 2.75) is 12.5 Å². The van der Waals surface area contributed by atoms with Crippen LogP contribution < -0.4 is 10.6 Å². The third-order valence-electron chi connectivity index (χ3n) is 4.75. The highest BCUT2D eigenvalue weighted by Gasteiger charge is 2.48. The van der Waals surface area contributed by atoms with E-state index >= 15 is 0 Å². The zero-order valence-electron chi connectivity index (χ0n) is 13.4. The molecule has 2 aromatic rings. The van der Waals surface area contributed by atoms with Gasteiger partial charge in [0.05, 0.1) is 24.0 Å². The first-order valence-electron chi connectivity index (χ1n) is 7.97. The van der Waals surface area contributed by atoms with E-state index in [-0.39, 0.29) is 29.6 Å². The maximum atomic E-state index is 14.1. The zero-order chi connectivity index (χ0) is 17.6. The number of halogens is 1. The van der Waals surface area contributed by atoms with Crippen molar-refractivity contribution in [1.82, 2.24) is 19.7 Å². The van der Waals surface area contributed by atoms with Crippen LogP contribution in [-0.2, 0) is 11.8 Å². The molecule has 0 spiro atoms. The number of carboxylic acids is 1. The quantitative estimate of drug-likeness (QED) is 0.710. The molecule has 2 bridgehead atoms. The lowest BCUT2D eigenvalue weighted by atomic mass is 9.89. The van der Waals surface area contributed by atoms with Crippen LogP contribution in [0.3, 0.4) is 0 Å². The monoisotopic (exact) mass is 344 g/mol. The highest BCUT2D eigenvalue weighted by atomic mass is 19.1. The number of aromatic nitrogens is 4. The van der Waals surface area contributed by atoms with Crippen molar-refractivity contribution < 1.29 is 14.3 Å². The maximum Gasteiger partial charge on any atom is 0.309 e. The second-order valence-corrected chi connectivity index (χ2v) is 6.40. The molecule has 3 N–H and O–H groups in total. The number of aliphatic carboxylic acids is 1. The van der Waals surface area contributed by atoms with Gasteiger partial charge in [-0.05, 0) is 18.3 Å². The van der Waals surface area contributed by atoms with Gasteiger partial charge in [-0.1, -0.05) is 12.2 Å². The largest absolute Gasteiger partial charge is 0.481 e. The molecule has 1 fully saturated rings. The minimum atomic E-state index is -0.877. The molecule has 0 aliphatic heterocycles. The van der Waals surface area contributed by atoms with Crippen molar-refractivity contribution in [3.05, 3.63) is 36.6 Å². The molecule has 25 heavy (non-hydrogen) atoms. The summed E-state index contributed by atoms with van der Waals surface area (Å²) >= 11 is 0. The Morgan fingerprint density at radius 3 is 2.88 bits per heavy atom. The molecule has 2 aromatic heterocycles. The summed E-state index contributed by atoms with van der Waals surface area (Å²) in [6, 6.07) is -0.386. The lowest BCUT2D eigenvalue weighted by Gasteiger charge is -2.26. The maximum absolute atomic E-state index is 14.1. The number of aryl methyl sites for hydroxylation is 1. The normalized spacial score (nSPS) is 26.8. The van der Waals surface area contributed by atoms with Crippen LogP contribution in [0.5, 0.6) is 0 Å². The third-order valence-corrected chi connectivity index (χ3v) is 4.75. The predicted octanol–water partition coefficient (Wildman–Crippen LogP) is 1.78. The molecule has 9 heteroatoms. The number of carbonyl (C=O) groups is 1. The molecule has 4 rings (SSSR count). The standard InChI is InChI=1S/C16H17FN6O2/c1-23-7-10(5-19-23)20-16-18-6-11(17)14(22-16)21-13-9-3-2-8(4-9)12(13)15(24)25/h2-3,5-9,12-13H,4H2,1H3,(H,24,25)(H2,18,20,21,22)/t8-,9+,12+,13-/m0/s1. The van der Waals surface area contributed by atoms with E-state index < -0.39 is 17.7 Å². The summed E-state index contributed by atoms with van der Waals surface area (Å²) in [7, 11) is 1.78. The molecule has 2 heterocycles. The molecule has 0 amide bonds. The average Bonchev–Trinajstić information content (AvgIpc) is 3.26. The SMILES string of the molecule is Cn1cc(Nc2ncc(F)c(N[C@@H]3[C@H](C(=O)O)[C@H]4C=C[C@@H]3C4)n2)cn1. The highest BCUT2D eigenvalue weighted by molar-refractivity contribution is 5.74. The van der Waals surface area contributed by atoms with Crippen LogP contribution in [0.25, 0.3) is 0 Å². The lowest BCUT2D eigenvalue weighted by molar-refractivity contribution is -0.142. The molecule has 0 radical (unpaired) electrons. The van der Waals surface area contributed by atoms with Crippen molar-refractivity contribution in [3.63, 3.8) is 0 Å². The van der Waals surface area contributed by atoms with E-state index in [9.17, 15) is 14.3 Å². The number of carboxylic acid groups (broad SMARTS) is 1. The molecule has 0 saturated heterocycles. The first kappa shape index (κ1) is 15.6. The fourth-order valence-electron chi connectivity index (χ4n) is 3.66. The fourth-order valence-corrected chi connectivity index (χ4v) is 3.66. The zero-order valence-corrected chi connectivity index (χ0v) is 13.4. The Morgan fingerprint density at radius 2 is 2.16 bits per heavy atom. The number of hydrogen-bond acceptors (Lipinski definition) is 6.